The number of carbonyl (C=O) groups is 2. The fourth-order valence-corrected chi connectivity index (χ4v) is 2.72. The highest BCUT2D eigenvalue weighted by atomic mass is 35.5. The maximum Gasteiger partial charge on any atom is 0.305 e. The third-order valence-electron chi connectivity index (χ3n) is 3.19. The molecule has 2 rings (SSSR count). The number of carbonyl (C=O) groups excluding carboxylic acids is 2. The third kappa shape index (κ3) is 5.47. The Balaban J connectivity index is 0.00000288. The van der Waals surface area contributed by atoms with E-state index in [-0.39, 0.29) is 24.3 Å². The van der Waals surface area contributed by atoms with Crippen molar-refractivity contribution >= 4 is 46.4 Å². The van der Waals surface area contributed by atoms with E-state index in [1.165, 1.54) is 18.4 Å². The molecule has 130 valence electrons. The number of anilines is 2. The minimum Gasteiger partial charge on any atom is -0.469 e. The topological polar surface area (TPSA) is 107 Å². The smallest absolute Gasteiger partial charge is 0.305 e. The van der Waals surface area contributed by atoms with Gasteiger partial charge in [-0.25, -0.2) is 0 Å². The number of rotatable bonds is 6. The van der Waals surface area contributed by atoms with Gasteiger partial charge in [0.2, 0.25) is 5.13 Å². The van der Waals surface area contributed by atoms with Crippen LogP contribution >= 0.6 is 23.7 Å². The molecule has 0 aliphatic carbocycles. The number of aryl methyl sites for hydroxylation is 2. The van der Waals surface area contributed by atoms with E-state index in [0.717, 1.165) is 10.6 Å². The molecule has 1 aromatic carbocycles. The number of esters is 1. The minimum atomic E-state index is -0.271. The summed E-state index contributed by atoms with van der Waals surface area (Å²) in [6.45, 7) is 1.84. The number of benzene rings is 1. The van der Waals surface area contributed by atoms with Crippen molar-refractivity contribution in [3.8, 4) is 0 Å². The molecule has 0 atom stereocenters. The Kier molecular flexibility index (Phi) is 7.60. The van der Waals surface area contributed by atoms with Crippen molar-refractivity contribution < 1.29 is 14.3 Å². The molecule has 0 radical (unpaired) electrons. The summed E-state index contributed by atoms with van der Waals surface area (Å²) in [7, 11) is 1.36. The minimum absolute atomic E-state index is 0. The summed E-state index contributed by atoms with van der Waals surface area (Å²) in [5.41, 5.74) is 7.58. The van der Waals surface area contributed by atoms with E-state index >= 15 is 0 Å². The van der Waals surface area contributed by atoms with Gasteiger partial charge in [0.15, 0.2) is 0 Å². The summed E-state index contributed by atoms with van der Waals surface area (Å²) in [6.07, 6.45) is 1.57. The van der Waals surface area contributed by atoms with Crippen molar-refractivity contribution in [3.63, 3.8) is 0 Å². The molecule has 2 aromatic rings. The highest BCUT2D eigenvalue weighted by Gasteiger charge is 2.13. The predicted molar refractivity (Wildman–Crippen MR) is 95.7 cm³/mol. The lowest BCUT2D eigenvalue weighted by Gasteiger charge is -2.05. The average Bonchev–Trinajstić information content (AvgIpc) is 2.96. The second-order valence-corrected chi connectivity index (χ2v) is 6.02. The second kappa shape index (κ2) is 9.19. The summed E-state index contributed by atoms with van der Waals surface area (Å²) in [5, 5.41) is 11.8. The monoisotopic (exact) mass is 370 g/mol. The van der Waals surface area contributed by atoms with Crippen molar-refractivity contribution in [3.05, 3.63) is 34.3 Å². The van der Waals surface area contributed by atoms with Gasteiger partial charge < -0.3 is 10.5 Å². The standard InChI is InChI=1S/C15H18N4O3S.ClH/c1-9-6-7-10(16)8-11(9)14(21)17-15-19-18-12(23-15)4-3-5-13(20)22-2;/h6-8H,3-5,16H2,1-2H3,(H,17,19,21);1H. The fraction of sp³-hybridized carbons (Fsp3) is 0.333. The largest absolute Gasteiger partial charge is 0.469 e. The van der Waals surface area contributed by atoms with E-state index in [9.17, 15) is 9.59 Å². The first-order valence-corrected chi connectivity index (χ1v) is 7.88. The van der Waals surface area contributed by atoms with Crippen LogP contribution in [0, 0.1) is 6.92 Å². The molecule has 0 spiro atoms. The number of nitrogens with one attached hydrogen (secondary N) is 1. The van der Waals surface area contributed by atoms with Crippen LogP contribution < -0.4 is 11.1 Å². The number of hydrogen-bond donors (Lipinski definition) is 2. The van der Waals surface area contributed by atoms with Gasteiger partial charge in [-0.1, -0.05) is 17.4 Å². The first kappa shape index (κ1) is 19.9. The molecule has 24 heavy (non-hydrogen) atoms. The SMILES string of the molecule is COC(=O)CCCc1nnc(NC(=O)c2cc(N)ccc2C)s1.Cl. The Morgan fingerprint density at radius 2 is 2.08 bits per heavy atom. The van der Waals surface area contributed by atoms with E-state index in [4.69, 9.17) is 5.73 Å². The number of amides is 1. The van der Waals surface area contributed by atoms with Crippen LogP contribution in [0.2, 0.25) is 0 Å². The zero-order valence-corrected chi connectivity index (χ0v) is 15.0. The van der Waals surface area contributed by atoms with Crippen molar-refractivity contribution in [1.82, 2.24) is 10.2 Å². The Hall–Kier alpha value is -2.19. The molecule has 0 aliphatic rings. The fourth-order valence-electron chi connectivity index (χ4n) is 1.94. The number of methoxy groups -OCH3 is 1. The van der Waals surface area contributed by atoms with E-state index in [2.05, 4.69) is 20.3 Å². The van der Waals surface area contributed by atoms with Crippen molar-refractivity contribution in [2.75, 3.05) is 18.2 Å². The quantitative estimate of drug-likeness (QED) is 0.597. The number of nitrogens with zero attached hydrogens (tertiary/aromatic N) is 2. The number of nitrogens with two attached hydrogens (primary N) is 1. The van der Waals surface area contributed by atoms with Crippen LogP contribution in [0.25, 0.3) is 0 Å². The molecule has 0 aliphatic heterocycles. The van der Waals surface area contributed by atoms with E-state index < -0.39 is 0 Å². The van der Waals surface area contributed by atoms with Crippen LogP contribution in [-0.4, -0.2) is 29.2 Å². The summed E-state index contributed by atoms with van der Waals surface area (Å²) >= 11 is 1.29. The lowest BCUT2D eigenvalue weighted by molar-refractivity contribution is -0.140. The van der Waals surface area contributed by atoms with Crippen LogP contribution in [0.1, 0.15) is 33.8 Å². The van der Waals surface area contributed by atoms with Gasteiger partial charge in [0, 0.05) is 24.1 Å². The van der Waals surface area contributed by atoms with Crippen LogP contribution in [0.5, 0.6) is 0 Å². The number of halogens is 1. The van der Waals surface area contributed by atoms with Gasteiger partial charge in [0.1, 0.15) is 5.01 Å². The van der Waals surface area contributed by atoms with Gasteiger partial charge in [-0.3, -0.25) is 14.9 Å². The average molecular weight is 371 g/mol. The van der Waals surface area contributed by atoms with Crippen molar-refractivity contribution in [2.24, 2.45) is 0 Å². The molecule has 0 fully saturated rings. The Morgan fingerprint density at radius 3 is 2.79 bits per heavy atom. The molecule has 9 heteroatoms. The van der Waals surface area contributed by atoms with Crippen LogP contribution in [0.15, 0.2) is 18.2 Å². The Morgan fingerprint density at radius 1 is 1.33 bits per heavy atom. The van der Waals surface area contributed by atoms with Gasteiger partial charge >= 0.3 is 5.97 Å². The highest BCUT2D eigenvalue weighted by molar-refractivity contribution is 7.15. The van der Waals surface area contributed by atoms with Crippen LogP contribution in [-0.2, 0) is 16.0 Å². The lowest BCUT2D eigenvalue weighted by atomic mass is 10.1. The highest BCUT2D eigenvalue weighted by Crippen LogP contribution is 2.20. The molecule has 7 nitrogen and oxygen atoms in total. The summed E-state index contributed by atoms with van der Waals surface area (Å²) in [5.74, 6) is -0.521. The number of ether oxygens (including phenoxy) is 1. The molecular weight excluding hydrogens is 352 g/mol. The molecule has 1 aromatic heterocycles. The first-order chi connectivity index (χ1) is 11.0. The number of nitrogen functional groups attached to an aromatic ring is 1. The zero-order valence-electron chi connectivity index (χ0n) is 13.4. The molecule has 0 bridgehead atoms. The normalized spacial score (nSPS) is 9.92. The number of hydrogen-bond acceptors (Lipinski definition) is 7. The predicted octanol–water partition coefficient (Wildman–Crippen LogP) is 2.60. The first-order valence-electron chi connectivity index (χ1n) is 7.06. The summed E-state index contributed by atoms with van der Waals surface area (Å²) in [4.78, 5) is 23.3. The Bertz CT molecular complexity index is 720. The van der Waals surface area contributed by atoms with E-state index in [1.54, 1.807) is 18.2 Å². The third-order valence-corrected chi connectivity index (χ3v) is 4.09. The molecular formula is C15H19ClN4O3S. The van der Waals surface area contributed by atoms with E-state index in [1.807, 2.05) is 6.92 Å². The molecule has 1 amide bonds. The maximum absolute atomic E-state index is 12.2. The number of aromatic nitrogens is 2. The maximum atomic E-state index is 12.2. The molecule has 1 heterocycles. The second-order valence-electron chi connectivity index (χ2n) is 4.96. The summed E-state index contributed by atoms with van der Waals surface area (Å²) < 4.78 is 4.58. The van der Waals surface area contributed by atoms with Crippen LogP contribution in [0.4, 0.5) is 10.8 Å². The van der Waals surface area contributed by atoms with Gasteiger partial charge in [0.05, 0.1) is 7.11 Å². The molecule has 0 saturated heterocycles. The molecule has 0 unspecified atom stereocenters. The molecule has 0 saturated carbocycles. The van der Waals surface area contributed by atoms with E-state index in [0.29, 0.717) is 35.6 Å². The van der Waals surface area contributed by atoms with Crippen molar-refractivity contribution in [2.45, 2.75) is 26.2 Å². The van der Waals surface area contributed by atoms with Crippen LogP contribution in [0.3, 0.4) is 0 Å². The molecule has 3 N–H and O–H groups in total. The van der Waals surface area contributed by atoms with Crippen molar-refractivity contribution in [1.29, 1.82) is 0 Å². The van der Waals surface area contributed by atoms with Gasteiger partial charge in [0.25, 0.3) is 5.91 Å². The zero-order chi connectivity index (χ0) is 16.8. The Labute approximate surface area is 150 Å². The lowest BCUT2D eigenvalue weighted by Crippen LogP contribution is -2.13. The van der Waals surface area contributed by atoms with Gasteiger partial charge in [-0.2, -0.15) is 0 Å². The van der Waals surface area contributed by atoms with Gasteiger partial charge in [-0.15, -0.1) is 22.6 Å². The summed E-state index contributed by atoms with van der Waals surface area (Å²) in [6, 6.07) is 5.17. The van der Waals surface area contributed by atoms with Gasteiger partial charge in [-0.05, 0) is 31.0 Å².